The minimum atomic E-state index is -0.398. The smallest absolute Gasteiger partial charge is 0.249 e. The fraction of sp³-hybridized carbons (Fsp3) is 0.375. The zero-order valence-electron chi connectivity index (χ0n) is 7.07. The van der Waals surface area contributed by atoms with Crippen LogP contribution in [0.1, 0.15) is 6.92 Å². The predicted molar refractivity (Wildman–Crippen MR) is 45.6 cm³/mol. The Balaban J connectivity index is 3.17. The summed E-state index contributed by atoms with van der Waals surface area (Å²) < 4.78 is 4.75. The Morgan fingerprint density at radius 3 is 2.83 bits per heavy atom. The lowest BCUT2D eigenvalue weighted by atomic mass is 10.3. The van der Waals surface area contributed by atoms with Gasteiger partial charge >= 0.3 is 0 Å². The SMILES string of the molecule is CCN(C)c1cocc(O)c1=O. The van der Waals surface area contributed by atoms with E-state index in [1.165, 1.54) is 6.26 Å². The van der Waals surface area contributed by atoms with E-state index in [4.69, 9.17) is 9.52 Å². The molecule has 0 fully saturated rings. The maximum absolute atomic E-state index is 11.2. The number of hydrogen-bond donors (Lipinski definition) is 1. The lowest BCUT2D eigenvalue weighted by Crippen LogP contribution is -2.22. The van der Waals surface area contributed by atoms with Gasteiger partial charge in [0.1, 0.15) is 18.2 Å². The van der Waals surface area contributed by atoms with E-state index in [1.807, 2.05) is 6.92 Å². The topological polar surface area (TPSA) is 53.7 Å². The lowest BCUT2D eigenvalue weighted by molar-refractivity contribution is 0.429. The standard InChI is InChI=1S/C8H11NO3/c1-3-9(2)6-4-12-5-7(10)8(6)11/h4-5,10H,3H2,1-2H3. The molecule has 4 nitrogen and oxygen atoms in total. The van der Waals surface area contributed by atoms with Gasteiger partial charge in [0.15, 0.2) is 0 Å². The summed E-state index contributed by atoms with van der Waals surface area (Å²) in [7, 11) is 1.76. The molecule has 1 rings (SSSR count). The molecule has 12 heavy (non-hydrogen) atoms. The van der Waals surface area contributed by atoms with Crippen molar-refractivity contribution in [1.29, 1.82) is 0 Å². The number of aromatic hydroxyl groups is 1. The fourth-order valence-corrected chi connectivity index (χ4v) is 0.835. The van der Waals surface area contributed by atoms with Crippen molar-refractivity contribution in [3.8, 4) is 5.75 Å². The second-order valence-corrected chi connectivity index (χ2v) is 2.49. The Morgan fingerprint density at radius 2 is 2.25 bits per heavy atom. The van der Waals surface area contributed by atoms with E-state index in [1.54, 1.807) is 11.9 Å². The highest BCUT2D eigenvalue weighted by Crippen LogP contribution is 2.09. The van der Waals surface area contributed by atoms with Gasteiger partial charge in [0.2, 0.25) is 11.2 Å². The molecule has 1 N–H and O–H groups in total. The molecule has 1 aromatic rings. The van der Waals surface area contributed by atoms with E-state index < -0.39 is 5.43 Å². The number of anilines is 1. The quantitative estimate of drug-likeness (QED) is 0.711. The van der Waals surface area contributed by atoms with Gasteiger partial charge in [0, 0.05) is 13.6 Å². The first-order chi connectivity index (χ1) is 5.66. The normalized spacial score (nSPS) is 9.83. The van der Waals surface area contributed by atoms with Crippen molar-refractivity contribution in [3.05, 3.63) is 22.7 Å². The van der Waals surface area contributed by atoms with Crippen molar-refractivity contribution >= 4 is 5.69 Å². The summed E-state index contributed by atoms with van der Waals surface area (Å²) >= 11 is 0. The minimum Gasteiger partial charge on any atom is -0.502 e. The molecule has 0 aliphatic carbocycles. The van der Waals surface area contributed by atoms with Gasteiger partial charge < -0.3 is 14.4 Å². The molecule has 0 aliphatic heterocycles. The highest BCUT2D eigenvalue weighted by Gasteiger charge is 2.07. The van der Waals surface area contributed by atoms with E-state index in [0.29, 0.717) is 12.2 Å². The molecule has 0 aromatic carbocycles. The van der Waals surface area contributed by atoms with Crippen LogP contribution in [0.25, 0.3) is 0 Å². The van der Waals surface area contributed by atoms with Crippen molar-refractivity contribution < 1.29 is 9.52 Å². The minimum absolute atomic E-state index is 0.354. The summed E-state index contributed by atoms with van der Waals surface area (Å²) in [5.41, 5.74) is -0.0249. The summed E-state index contributed by atoms with van der Waals surface area (Å²) in [6, 6.07) is 0. The van der Waals surface area contributed by atoms with Crippen LogP contribution in [0.3, 0.4) is 0 Å². The van der Waals surface area contributed by atoms with Gasteiger partial charge in [0.05, 0.1) is 0 Å². The van der Waals surface area contributed by atoms with Gasteiger partial charge in [0.25, 0.3) is 0 Å². The first-order valence-corrected chi connectivity index (χ1v) is 3.67. The monoisotopic (exact) mass is 169 g/mol. The van der Waals surface area contributed by atoms with Gasteiger partial charge in [-0.2, -0.15) is 0 Å². The van der Waals surface area contributed by atoms with Crippen molar-refractivity contribution in [2.45, 2.75) is 6.92 Å². The fourth-order valence-electron chi connectivity index (χ4n) is 0.835. The summed E-state index contributed by atoms with van der Waals surface area (Å²) in [4.78, 5) is 12.9. The van der Waals surface area contributed by atoms with E-state index in [0.717, 1.165) is 6.26 Å². The number of rotatable bonds is 2. The van der Waals surface area contributed by atoms with Crippen LogP contribution in [-0.2, 0) is 0 Å². The second-order valence-electron chi connectivity index (χ2n) is 2.49. The molecule has 4 heteroatoms. The Hall–Kier alpha value is -1.45. The van der Waals surface area contributed by atoms with Crippen LogP contribution < -0.4 is 10.3 Å². The molecule has 0 unspecified atom stereocenters. The summed E-state index contributed by atoms with van der Waals surface area (Å²) in [6.07, 6.45) is 2.35. The van der Waals surface area contributed by atoms with E-state index in [2.05, 4.69) is 0 Å². The maximum atomic E-state index is 11.2. The zero-order valence-corrected chi connectivity index (χ0v) is 7.07. The first kappa shape index (κ1) is 8.64. The molecule has 66 valence electrons. The predicted octanol–water partition coefficient (Wildman–Crippen LogP) is 0.801. The van der Waals surface area contributed by atoms with Crippen LogP contribution >= 0.6 is 0 Å². The third-order valence-corrected chi connectivity index (χ3v) is 1.71. The summed E-state index contributed by atoms with van der Waals surface area (Å²) in [6.45, 7) is 2.59. The number of nitrogens with zero attached hydrogens (tertiary/aromatic N) is 1. The van der Waals surface area contributed by atoms with Crippen LogP contribution in [0, 0.1) is 0 Å². The zero-order chi connectivity index (χ0) is 9.14. The highest BCUT2D eigenvalue weighted by atomic mass is 16.3. The van der Waals surface area contributed by atoms with Crippen LogP contribution in [0.15, 0.2) is 21.7 Å². The summed E-state index contributed by atoms with van der Waals surface area (Å²) in [5.74, 6) is -0.354. The van der Waals surface area contributed by atoms with Gasteiger partial charge in [-0.05, 0) is 6.92 Å². The van der Waals surface area contributed by atoms with Crippen LogP contribution in [0.2, 0.25) is 0 Å². The third kappa shape index (κ3) is 1.42. The lowest BCUT2D eigenvalue weighted by Gasteiger charge is -2.14. The molecule has 1 heterocycles. The molecule has 0 spiro atoms. The van der Waals surface area contributed by atoms with E-state index in [9.17, 15) is 4.79 Å². The van der Waals surface area contributed by atoms with Crippen molar-refractivity contribution in [3.63, 3.8) is 0 Å². The Labute approximate surface area is 70.0 Å². The Kier molecular flexibility index (Phi) is 2.38. The third-order valence-electron chi connectivity index (χ3n) is 1.71. The van der Waals surface area contributed by atoms with E-state index >= 15 is 0 Å². The molecule has 0 aliphatic rings. The van der Waals surface area contributed by atoms with Gasteiger partial charge in [-0.25, -0.2) is 0 Å². The molecule has 0 saturated carbocycles. The Bertz CT molecular complexity index is 318. The van der Waals surface area contributed by atoms with Crippen molar-refractivity contribution in [2.75, 3.05) is 18.5 Å². The molecule has 0 saturated heterocycles. The molecule has 0 bridgehead atoms. The Morgan fingerprint density at radius 1 is 1.58 bits per heavy atom. The largest absolute Gasteiger partial charge is 0.502 e. The average Bonchev–Trinajstić information content (AvgIpc) is 2.08. The first-order valence-electron chi connectivity index (χ1n) is 3.67. The summed E-state index contributed by atoms with van der Waals surface area (Å²) in [5, 5.41) is 9.01. The maximum Gasteiger partial charge on any atom is 0.249 e. The highest BCUT2D eigenvalue weighted by molar-refractivity contribution is 5.45. The van der Waals surface area contributed by atoms with Gasteiger partial charge in [-0.3, -0.25) is 4.79 Å². The van der Waals surface area contributed by atoms with Crippen molar-refractivity contribution in [1.82, 2.24) is 0 Å². The van der Waals surface area contributed by atoms with Gasteiger partial charge in [-0.1, -0.05) is 0 Å². The molecular formula is C8H11NO3. The number of hydrogen-bond acceptors (Lipinski definition) is 4. The molecular weight excluding hydrogens is 158 g/mol. The van der Waals surface area contributed by atoms with E-state index in [-0.39, 0.29) is 5.75 Å². The molecule has 1 aromatic heterocycles. The second kappa shape index (κ2) is 3.30. The van der Waals surface area contributed by atoms with Crippen LogP contribution in [0.4, 0.5) is 5.69 Å². The van der Waals surface area contributed by atoms with Crippen LogP contribution in [-0.4, -0.2) is 18.7 Å². The average molecular weight is 169 g/mol. The molecule has 0 atom stereocenters. The molecule has 0 radical (unpaired) electrons. The molecule has 0 amide bonds. The van der Waals surface area contributed by atoms with Crippen molar-refractivity contribution in [2.24, 2.45) is 0 Å². The van der Waals surface area contributed by atoms with Gasteiger partial charge in [-0.15, -0.1) is 0 Å². The van der Waals surface area contributed by atoms with Crippen LogP contribution in [0.5, 0.6) is 5.75 Å².